The summed E-state index contributed by atoms with van der Waals surface area (Å²) in [5.41, 5.74) is 2.13. The Morgan fingerprint density at radius 3 is 2.70 bits per heavy atom. The SMILES string of the molecule is CC(C)(C)OC(=O)N1CCCC1c1nc2cc(/C=C/C=O)ccc2n1COCC[Si](C)(C)C. The Hall–Kier alpha value is -2.45. The van der Waals surface area contributed by atoms with Crippen molar-refractivity contribution >= 4 is 37.6 Å². The van der Waals surface area contributed by atoms with Crippen LogP contribution in [0.4, 0.5) is 4.79 Å². The second-order valence-corrected chi connectivity index (χ2v) is 16.4. The first-order valence-electron chi connectivity index (χ1n) is 11.7. The molecule has 0 aliphatic carbocycles. The lowest BCUT2D eigenvalue weighted by Crippen LogP contribution is -2.37. The van der Waals surface area contributed by atoms with Crippen molar-refractivity contribution in [1.82, 2.24) is 14.5 Å². The molecule has 0 saturated carbocycles. The van der Waals surface area contributed by atoms with Gasteiger partial charge in [0.05, 0.1) is 17.1 Å². The van der Waals surface area contributed by atoms with E-state index >= 15 is 0 Å². The molecule has 180 valence electrons. The van der Waals surface area contributed by atoms with Gasteiger partial charge in [-0.25, -0.2) is 9.78 Å². The van der Waals surface area contributed by atoms with E-state index in [9.17, 15) is 9.59 Å². The monoisotopic (exact) mass is 471 g/mol. The number of imidazole rings is 1. The maximum Gasteiger partial charge on any atom is 0.410 e. The zero-order valence-corrected chi connectivity index (χ0v) is 21.8. The van der Waals surface area contributed by atoms with Gasteiger partial charge >= 0.3 is 6.09 Å². The summed E-state index contributed by atoms with van der Waals surface area (Å²) in [6.45, 7) is 14.4. The molecule has 1 aliphatic heterocycles. The molecule has 2 heterocycles. The number of rotatable bonds is 8. The molecule has 1 aromatic heterocycles. The number of aromatic nitrogens is 2. The van der Waals surface area contributed by atoms with Gasteiger partial charge in [-0.05, 0) is 63.4 Å². The number of nitrogens with zero attached hydrogens (tertiary/aromatic N) is 3. The predicted octanol–water partition coefficient (Wildman–Crippen LogP) is 5.63. The quantitative estimate of drug-likeness (QED) is 0.216. The molecule has 1 aromatic carbocycles. The average Bonchev–Trinajstić information content (AvgIpc) is 3.32. The number of amides is 1. The minimum atomic E-state index is -1.20. The summed E-state index contributed by atoms with van der Waals surface area (Å²) in [7, 11) is -1.20. The van der Waals surface area contributed by atoms with Gasteiger partial charge in [-0.2, -0.15) is 0 Å². The van der Waals surface area contributed by atoms with Crippen molar-refractivity contribution in [1.29, 1.82) is 0 Å². The van der Waals surface area contributed by atoms with Crippen molar-refractivity contribution < 1.29 is 19.1 Å². The maximum atomic E-state index is 12.9. The van der Waals surface area contributed by atoms with Crippen molar-refractivity contribution in [3.05, 3.63) is 35.7 Å². The summed E-state index contributed by atoms with van der Waals surface area (Å²) in [6, 6.07) is 6.85. The Morgan fingerprint density at radius 2 is 2.03 bits per heavy atom. The summed E-state index contributed by atoms with van der Waals surface area (Å²) in [6.07, 6.45) is 5.42. The fourth-order valence-corrected chi connectivity index (χ4v) is 4.67. The minimum Gasteiger partial charge on any atom is -0.444 e. The van der Waals surface area contributed by atoms with E-state index in [4.69, 9.17) is 14.5 Å². The largest absolute Gasteiger partial charge is 0.444 e. The van der Waals surface area contributed by atoms with E-state index in [-0.39, 0.29) is 12.1 Å². The number of hydrogen-bond acceptors (Lipinski definition) is 5. The molecular weight excluding hydrogens is 434 g/mol. The lowest BCUT2D eigenvalue weighted by molar-refractivity contribution is -0.104. The first-order valence-corrected chi connectivity index (χ1v) is 15.4. The third-order valence-corrected chi connectivity index (χ3v) is 7.27. The molecule has 1 fully saturated rings. The van der Waals surface area contributed by atoms with E-state index in [1.165, 1.54) is 6.08 Å². The topological polar surface area (TPSA) is 73.7 Å². The molecule has 0 spiro atoms. The second-order valence-electron chi connectivity index (χ2n) is 10.8. The Kier molecular flexibility index (Phi) is 7.79. The first-order chi connectivity index (χ1) is 15.5. The Labute approximate surface area is 197 Å². The number of aldehydes is 1. The molecule has 1 amide bonds. The number of likely N-dealkylation sites (tertiary alicyclic amines) is 1. The zero-order valence-electron chi connectivity index (χ0n) is 20.8. The highest BCUT2D eigenvalue weighted by atomic mass is 28.3. The van der Waals surface area contributed by atoms with Gasteiger partial charge in [-0.1, -0.05) is 31.8 Å². The summed E-state index contributed by atoms with van der Waals surface area (Å²) in [5, 5.41) is 0. The third-order valence-electron chi connectivity index (χ3n) is 5.56. The molecule has 33 heavy (non-hydrogen) atoms. The molecule has 8 heteroatoms. The van der Waals surface area contributed by atoms with Crippen molar-refractivity contribution in [3.8, 4) is 0 Å². The molecule has 0 N–H and O–H groups in total. The van der Waals surface area contributed by atoms with Crippen LogP contribution in [-0.2, 0) is 21.0 Å². The summed E-state index contributed by atoms with van der Waals surface area (Å²) in [4.78, 5) is 30.4. The number of benzene rings is 1. The van der Waals surface area contributed by atoms with Gasteiger partial charge < -0.3 is 14.0 Å². The van der Waals surface area contributed by atoms with Crippen LogP contribution in [0.2, 0.25) is 25.7 Å². The molecule has 2 aromatic rings. The molecule has 1 atom stereocenters. The van der Waals surface area contributed by atoms with E-state index in [2.05, 4.69) is 24.2 Å². The van der Waals surface area contributed by atoms with E-state index in [1.54, 1.807) is 11.0 Å². The van der Waals surface area contributed by atoms with Crippen LogP contribution in [0.5, 0.6) is 0 Å². The Balaban J connectivity index is 1.94. The average molecular weight is 472 g/mol. The number of allylic oxidation sites excluding steroid dienone is 1. The second kappa shape index (κ2) is 10.2. The molecule has 1 unspecified atom stereocenters. The number of ether oxygens (including phenoxy) is 2. The molecular formula is C25H37N3O4Si. The van der Waals surface area contributed by atoms with Crippen LogP contribution < -0.4 is 0 Å². The summed E-state index contributed by atoms with van der Waals surface area (Å²) in [5.74, 6) is 0.817. The highest BCUT2D eigenvalue weighted by molar-refractivity contribution is 6.76. The number of hydrogen-bond donors (Lipinski definition) is 0. The van der Waals surface area contributed by atoms with E-state index < -0.39 is 13.7 Å². The maximum absolute atomic E-state index is 12.9. The predicted molar refractivity (Wildman–Crippen MR) is 134 cm³/mol. The lowest BCUT2D eigenvalue weighted by atomic mass is 10.2. The number of carbonyl (C=O) groups is 2. The highest BCUT2D eigenvalue weighted by Gasteiger charge is 2.36. The molecule has 1 saturated heterocycles. The normalized spacial score (nSPS) is 17.3. The van der Waals surface area contributed by atoms with Gasteiger partial charge in [0, 0.05) is 21.2 Å². The van der Waals surface area contributed by atoms with Crippen molar-refractivity contribution in [2.75, 3.05) is 13.2 Å². The van der Waals surface area contributed by atoms with Crippen LogP contribution in [0.1, 0.15) is 51.0 Å². The smallest absolute Gasteiger partial charge is 0.410 e. The van der Waals surface area contributed by atoms with Gasteiger partial charge in [-0.3, -0.25) is 9.69 Å². The summed E-state index contributed by atoms with van der Waals surface area (Å²) < 4.78 is 13.8. The minimum absolute atomic E-state index is 0.165. The Bertz CT molecular complexity index is 1020. The zero-order chi connectivity index (χ0) is 24.2. The van der Waals surface area contributed by atoms with Crippen LogP contribution in [0.25, 0.3) is 17.1 Å². The van der Waals surface area contributed by atoms with Crippen LogP contribution in [0.15, 0.2) is 24.3 Å². The van der Waals surface area contributed by atoms with Gasteiger partial charge in [-0.15, -0.1) is 0 Å². The van der Waals surface area contributed by atoms with Crippen molar-refractivity contribution in [3.63, 3.8) is 0 Å². The summed E-state index contributed by atoms with van der Waals surface area (Å²) >= 11 is 0. The van der Waals surface area contributed by atoms with E-state index in [0.717, 1.165) is 47.6 Å². The number of fused-ring (bicyclic) bond motifs is 1. The first kappa shape index (κ1) is 25.2. The number of carbonyl (C=O) groups excluding carboxylic acids is 2. The van der Waals surface area contributed by atoms with E-state index in [1.807, 2.05) is 39.0 Å². The van der Waals surface area contributed by atoms with Crippen LogP contribution >= 0.6 is 0 Å². The van der Waals surface area contributed by atoms with Crippen molar-refractivity contribution in [2.45, 2.75) is 77.7 Å². The molecule has 0 bridgehead atoms. The van der Waals surface area contributed by atoms with E-state index in [0.29, 0.717) is 19.9 Å². The fourth-order valence-electron chi connectivity index (χ4n) is 3.92. The van der Waals surface area contributed by atoms with Crippen LogP contribution in [0, 0.1) is 0 Å². The molecule has 1 aliphatic rings. The van der Waals surface area contributed by atoms with Gasteiger partial charge in [0.2, 0.25) is 0 Å². The van der Waals surface area contributed by atoms with Gasteiger partial charge in [0.15, 0.2) is 0 Å². The fraction of sp³-hybridized carbons (Fsp3) is 0.560. The molecule has 0 radical (unpaired) electrons. The molecule has 3 rings (SSSR count). The van der Waals surface area contributed by atoms with Crippen LogP contribution in [0.3, 0.4) is 0 Å². The van der Waals surface area contributed by atoms with Crippen LogP contribution in [-0.4, -0.2) is 53.7 Å². The van der Waals surface area contributed by atoms with Crippen molar-refractivity contribution in [2.24, 2.45) is 0 Å². The standard InChI is InChI=1S/C25H37N3O4Si/c1-25(2,3)32-24(30)27-13-7-10-22(27)23-26-20-17-19(9-8-14-29)11-12-21(20)28(23)18-31-15-16-33(4,5)6/h8-9,11-12,14,17,22H,7,10,13,15-16,18H2,1-6H3/b9-8+. The highest BCUT2D eigenvalue weighted by Crippen LogP contribution is 2.35. The third kappa shape index (κ3) is 6.77. The van der Waals surface area contributed by atoms with Gasteiger partial charge in [0.1, 0.15) is 24.4 Å². The lowest BCUT2D eigenvalue weighted by Gasteiger charge is -2.28. The Morgan fingerprint density at radius 1 is 1.27 bits per heavy atom. The molecule has 7 nitrogen and oxygen atoms in total. The van der Waals surface area contributed by atoms with Gasteiger partial charge in [0.25, 0.3) is 0 Å².